The highest BCUT2D eigenvalue weighted by Crippen LogP contribution is 2.17. The molecule has 0 spiro atoms. The lowest BCUT2D eigenvalue weighted by molar-refractivity contribution is 0.0383. The molecule has 0 saturated carbocycles. The molecular formula is C23H25N5O4S. The number of ether oxygens (including phenoxy) is 2. The van der Waals surface area contributed by atoms with Crippen LogP contribution in [-0.2, 0) is 11.3 Å². The van der Waals surface area contributed by atoms with E-state index in [0.717, 1.165) is 38.6 Å². The van der Waals surface area contributed by atoms with Gasteiger partial charge in [0.05, 0.1) is 13.2 Å². The summed E-state index contributed by atoms with van der Waals surface area (Å²) < 4.78 is 11.0. The zero-order chi connectivity index (χ0) is 22.9. The van der Waals surface area contributed by atoms with Crippen molar-refractivity contribution in [1.29, 1.82) is 0 Å². The third kappa shape index (κ3) is 6.82. The van der Waals surface area contributed by atoms with Gasteiger partial charge in [0.25, 0.3) is 11.8 Å². The second kappa shape index (κ2) is 11.5. The molecule has 172 valence electrons. The van der Waals surface area contributed by atoms with Crippen LogP contribution in [0.4, 0.5) is 5.69 Å². The number of amides is 2. The van der Waals surface area contributed by atoms with Gasteiger partial charge in [-0.3, -0.25) is 14.5 Å². The lowest BCUT2D eigenvalue weighted by Crippen LogP contribution is -2.41. The Kier molecular flexibility index (Phi) is 7.96. The number of carbonyl (C=O) groups is 2. The standard InChI is InChI=1S/C23H25N5O4S/c29-21(24-10-11-28-12-14-31-15-13-28)17-6-8-18(9-7-17)25-22(30)23-27-26-20(33-23)16-32-19-4-2-1-3-5-19/h1-9H,10-16H2,(H,24,29)(H,25,30). The second-order valence-corrected chi connectivity index (χ2v) is 8.41. The summed E-state index contributed by atoms with van der Waals surface area (Å²) in [5.41, 5.74) is 1.10. The van der Waals surface area contributed by atoms with E-state index < -0.39 is 0 Å². The molecule has 0 unspecified atom stereocenters. The third-order valence-corrected chi connectivity index (χ3v) is 5.88. The van der Waals surface area contributed by atoms with Gasteiger partial charge in [-0.25, -0.2) is 0 Å². The molecule has 0 radical (unpaired) electrons. The van der Waals surface area contributed by atoms with Gasteiger partial charge >= 0.3 is 0 Å². The summed E-state index contributed by atoms with van der Waals surface area (Å²) >= 11 is 1.17. The van der Waals surface area contributed by atoms with Crippen molar-refractivity contribution in [2.45, 2.75) is 6.61 Å². The highest BCUT2D eigenvalue weighted by atomic mass is 32.1. The molecule has 1 aliphatic rings. The molecular weight excluding hydrogens is 442 g/mol. The van der Waals surface area contributed by atoms with Crippen LogP contribution < -0.4 is 15.4 Å². The number of anilines is 1. The lowest BCUT2D eigenvalue weighted by Gasteiger charge is -2.26. The first-order valence-electron chi connectivity index (χ1n) is 10.7. The Bertz CT molecular complexity index is 1050. The van der Waals surface area contributed by atoms with Crippen molar-refractivity contribution in [2.75, 3.05) is 44.7 Å². The first-order valence-corrected chi connectivity index (χ1v) is 11.5. The summed E-state index contributed by atoms with van der Waals surface area (Å²) in [6.45, 7) is 4.86. The number of morpholine rings is 1. The minimum absolute atomic E-state index is 0.145. The molecule has 3 aromatic rings. The van der Waals surface area contributed by atoms with Gasteiger partial charge in [0.15, 0.2) is 5.01 Å². The minimum Gasteiger partial charge on any atom is -0.486 e. The molecule has 33 heavy (non-hydrogen) atoms. The third-order valence-electron chi connectivity index (χ3n) is 4.99. The number of carbonyl (C=O) groups excluding carboxylic acids is 2. The van der Waals surface area contributed by atoms with Crippen molar-refractivity contribution in [2.24, 2.45) is 0 Å². The lowest BCUT2D eigenvalue weighted by atomic mass is 10.2. The fraction of sp³-hybridized carbons (Fsp3) is 0.304. The van der Waals surface area contributed by atoms with Gasteiger partial charge in [-0.05, 0) is 36.4 Å². The fourth-order valence-electron chi connectivity index (χ4n) is 3.21. The topological polar surface area (TPSA) is 106 Å². The van der Waals surface area contributed by atoms with Gasteiger partial charge in [0.2, 0.25) is 5.01 Å². The van der Waals surface area contributed by atoms with Gasteiger partial charge in [0.1, 0.15) is 12.4 Å². The van der Waals surface area contributed by atoms with Gasteiger partial charge in [-0.2, -0.15) is 0 Å². The molecule has 1 aliphatic heterocycles. The average Bonchev–Trinajstić information content (AvgIpc) is 3.34. The number of hydrogen-bond donors (Lipinski definition) is 2. The van der Waals surface area contributed by atoms with Crippen molar-refractivity contribution in [1.82, 2.24) is 20.4 Å². The second-order valence-electron chi connectivity index (χ2n) is 7.34. The Morgan fingerprint density at radius 2 is 1.76 bits per heavy atom. The molecule has 2 N–H and O–H groups in total. The van der Waals surface area contributed by atoms with Crippen LogP contribution in [0.3, 0.4) is 0 Å². The van der Waals surface area contributed by atoms with E-state index in [1.54, 1.807) is 24.3 Å². The molecule has 1 aromatic heterocycles. The SMILES string of the molecule is O=C(NCCN1CCOCC1)c1ccc(NC(=O)c2nnc(COc3ccccc3)s2)cc1. The van der Waals surface area contributed by atoms with Crippen molar-refractivity contribution >= 4 is 28.8 Å². The van der Waals surface area contributed by atoms with E-state index in [1.165, 1.54) is 11.3 Å². The average molecular weight is 468 g/mol. The Morgan fingerprint density at radius 1 is 1.00 bits per heavy atom. The molecule has 2 aromatic carbocycles. The van der Waals surface area contributed by atoms with E-state index in [1.807, 2.05) is 30.3 Å². The maximum absolute atomic E-state index is 12.5. The van der Waals surface area contributed by atoms with Crippen LogP contribution in [0.5, 0.6) is 5.75 Å². The smallest absolute Gasteiger partial charge is 0.286 e. The molecule has 4 rings (SSSR count). The predicted molar refractivity (Wildman–Crippen MR) is 125 cm³/mol. The maximum Gasteiger partial charge on any atom is 0.286 e. The van der Waals surface area contributed by atoms with E-state index in [2.05, 4.69) is 25.7 Å². The van der Waals surface area contributed by atoms with Crippen LogP contribution in [0, 0.1) is 0 Å². The number of nitrogens with one attached hydrogen (secondary N) is 2. The van der Waals surface area contributed by atoms with Crippen molar-refractivity contribution in [3.63, 3.8) is 0 Å². The Labute approximate surface area is 195 Å². The number of rotatable bonds is 9. The molecule has 1 saturated heterocycles. The maximum atomic E-state index is 12.5. The Balaban J connectivity index is 1.23. The highest BCUT2D eigenvalue weighted by molar-refractivity contribution is 7.13. The molecule has 10 heteroatoms. The molecule has 0 aliphatic carbocycles. The minimum atomic E-state index is -0.360. The molecule has 0 bridgehead atoms. The number of aromatic nitrogens is 2. The van der Waals surface area contributed by atoms with Gasteiger partial charge < -0.3 is 20.1 Å². The van der Waals surface area contributed by atoms with Crippen molar-refractivity contribution in [3.05, 3.63) is 70.2 Å². The number of nitrogens with zero attached hydrogens (tertiary/aromatic N) is 3. The number of para-hydroxylation sites is 1. The molecule has 9 nitrogen and oxygen atoms in total. The Morgan fingerprint density at radius 3 is 2.52 bits per heavy atom. The quantitative estimate of drug-likeness (QED) is 0.498. The van der Waals surface area contributed by atoms with Crippen molar-refractivity contribution in [3.8, 4) is 5.75 Å². The summed E-state index contributed by atoms with van der Waals surface area (Å²) in [5.74, 6) is 0.221. The fourth-order valence-corrected chi connectivity index (χ4v) is 3.86. The zero-order valence-electron chi connectivity index (χ0n) is 18.0. The van der Waals surface area contributed by atoms with Gasteiger partial charge in [-0.15, -0.1) is 10.2 Å². The first kappa shape index (κ1) is 22.8. The molecule has 2 heterocycles. The zero-order valence-corrected chi connectivity index (χ0v) is 18.8. The highest BCUT2D eigenvalue weighted by Gasteiger charge is 2.15. The summed E-state index contributed by atoms with van der Waals surface area (Å²) in [7, 11) is 0. The molecule has 0 atom stereocenters. The summed E-state index contributed by atoms with van der Waals surface area (Å²) in [5, 5.41) is 14.5. The first-order chi connectivity index (χ1) is 16.2. The van der Waals surface area contributed by atoms with Gasteiger partial charge in [0, 0.05) is 37.4 Å². The molecule has 2 amide bonds. The van der Waals surface area contributed by atoms with Crippen LogP contribution in [-0.4, -0.2) is 66.3 Å². The summed E-state index contributed by atoms with van der Waals surface area (Å²) in [6, 6.07) is 16.1. The van der Waals surface area contributed by atoms with Crippen molar-refractivity contribution < 1.29 is 19.1 Å². The van der Waals surface area contributed by atoms with E-state index in [9.17, 15) is 9.59 Å². The normalized spacial score (nSPS) is 13.9. The molecule has 1 fully saturated rings. The largest absolute Gasteiger partial charge is 0.486 e. The van der Waals surface area contributed by atoms with Crippen LogP contribution >= 0.6 is 11.3 Å². The number of hydrogen-bond acceptors (Lipinski definition) is 8. The van der Waals surface area contributed by atoms with E-state index in [-0.39, 0.29) is 23.4 Å². The van der Waals surface area contributed by atoms with Crippen LogP contribution in [0.1, 0.15) is 25.2 Å². The summed E-state index contributed by atoms with van der Waals surface area (Å²) in [4.78, 5) is 27.1. The van der Waals surface area contributed by atoms with Crippen LogP contribution in [0.15, 0.2) is 54.6 Å². The van der Waals surface area contributed by atoms with E-state index in [4.69, 9.17) is 9.47 Å². The monoisotopic (exact) mass is 467 g/mol. The predicted octanol–water partition coefficient (Wildman–Crippen LogP) is 2.43. The number of benzene rings is 2. The van der Waals surface area contributed by atoms with Crippen LogP contribution in [0.2, 0.25) is 0 Å². The Hall–Kier alpha value is -3.34. The van der Waals surface area contributed by atoms with E-state index >= 15 is 0 Å². The van der Waals surface area contributed by atoms with Crippen LogP contribution in [0.25, 0.3) is 0 Å². The summed E-state index contributed by atoms with van der Waals surface area (Å²) in [6.07, 6.45) is 0. The van der Waals surface area contributed by atoms with E-state index in [0.29, 0.717) is 22.8 Å². The van der Waals surface area contributed by atoms with Gasteiger partial charge in [-0.1, -0.05) is 29.5 Å².